The third-order valence-corrected chi connectivity index (χ3v) is 2.74. The van der Waals surface area contributed by atoms with Crippen molar-refractivity contribution in [3.63, 3.8) is 0 Å². The van der Waals surface area contributed by atoms with Gasteiger partial charge in [-0.15, -0.1) is 0 Å². The summed E-state index contributed by atoms with van der Waals surface area (Å²) in [4.78, 5) is 6.31. The van der Waals surface area contributed by atoms with E-state index in [1.165, 1.54) is 0 Å². The maximum atomic E-state index is 9.07. The Morgan fingerprint density at radius 3 is 2.69 bits per heavy atom. The van der Waals surface area contributed by atoms with E-state index in [2.05, 4.69) is 21.8 Å². The van der Waals surface area contributed by atoms with E-state index in [1.54, 1.807) is 0 Å². The Hall–Kier alpha value is -1.07. The predicted molar refractivity (Wildman–Crippen MR) is 65.5 cm³/mol. The monoisotopic (exact) mass is 226 g/mol. The first-order valence-electron chi connectivity index (χ1n) is 5.62. The van der Waals surface area contributed by atoms with Gasteiger partial charge in [-0.2, -0.15) is 0 Å². The second-order valence-electron chi connectivity index (χ2n) is 4.17. The minimum Gasteiger partial charge on any atom is -0.395 e. The molecule has 0 aliphatic rings. The molecule has 16 heavy (non-hydrogen) atoms. The Kier molecular flexibility index (Phi) is 4.76. The van der Waals surface area contributed by atoms with E-state index in [1.807, 2.05) is 32.2 Å². The second kappa shape index (κ2) is 5.86. The Bertz CT molecular complexity index is 318. The van der Waals surface area contributed by atoms with Crippen molar-refractivity contribution in [1.29, 1.82) is 0 Å². The highest BCUT2D eigenvalue weighted by atomic mass is 16.3. The van der Waals surface area contributed by atoms with Crippen molar-refractivity contribution in [3.05, 3.63) is 11.9 Å². The van der Waals surface area contributed by atoms with Crippen molar-refractivity contribution >= 4 is 5.95 Å². The second-order valence-corrected chi connectivity index (χ2v) is 4.17. The summed E-state index contributed by atoms with van der Waals surface area (Å²) in [6, 6.07) is 0.165. The molecular formula is C11H22N4O. The molecule has 5 nitrogen and oxygen atoms in total. The zero-order valence-electron chi connectivity index (χ0n) is 10.6. The molecule has 0 bridgehead atoms. The lowest BCUT2D eigenvalue weighted by Crippen LogP contribution is -2.31. The third-order valence-electron chi connectivity index (χ3n) is 2.74. The molecule has 0 fully saturated rings. The van der Waals surface area contributed by atoms with E-state index in [0.29, 0.717) is 0 Å². The Balaban J connectivity index is 2.61. The van der Waals surface area contributed by atoms with Crippen LogP contribution in [0.2, 0.25) is 0 Å². The number of aliphatic hydroxyl groups excluding tert-OH is 1. The van der Waals surface area contributed by atoms with Crippen LogP contribution >= 0.6 is 0 Å². The van der Waals surface area contributed by atoms with Crippen LogP contribution in [-0.2, 0) is 13.6 Å². The number of nitrogens with zero attached hydrogens (tertiary/aromatic N) is 3. The van der Waals surface area contributed by atoms with E-state index in [4.69, 9.17) is 5.11 Å². The number of hydrogen-bond acceptors (Lipinski definition) is 4. The summed E-state index contributed by atoms with van der Waals surface area (Å²) >= 11 is 0. The molecule has 0 unspecified atom stereocenters. The van der Waals surface area contributed by atoms with Crippen molar-refractivity contribution in [2.75, 3.05) is 25.6 Å². The number of hydrogen-bond donors (Lipinski definition) is 2. The molecule has 0 saturated carbocycles. The maximum absolute atomic E-state index is 9.07. The van der Waals surface area contributed by atoms with Crippen LogP contribution in [0.5, 0.6) is 0 Å². The molecule has 1 aromatic heterocycles. The molecule has 0 spiro atoms. The summed E-state index contributed by atoms with van der Waals surface area (Å²) < 4.78 is 2.05. The Morgan fingerprint density at radius 2 is 2.25 bits per heavy atom. The molecule has 0 radical (unpaired) electrons. The van der Waals surface area contributed by atoms with Gasteiger partial charge in [0.2, 0.25) is 5.95 Å². The lowest BCUT2D eigenvalue weighted by molar-refractivity contribution is 0.237. The van der Waals surface area contributed by atoms with Gasteiger partial charge in [0.1, 0.15) is 0 Å². The van der Waals surface area contributed by atoms with E-state index in [0.717, 1.165) is 24.6 Å². The zero-order chi connectivity index (χ0) is 12.1. The van der Waals surface area contributed by atoms with Crippen LogP contribution in [0.15, 0.2) is 6.20 Å². The average Bonchev–Trinajstić information content (AvgIpc) is 2.62. The average molecular weight is 226 g/mol. The highest BCUT2D eigenvalue weighted by Crippen LogP contribution is 2.10. The van der Waals surface area contributed by atoms with Crippen LogP contribution in [-0.4, -0.2) is 41.4 Å². The minimum atomic E-state index is 0.165. The van der Waals surface area contributed by atoms with Gasteiger partial charge in [-0.25, -0.2) is 4.98 Å². The van der Waals surface area contributed by atoms with Gasteiger partial charge in [0, 0.05) is 33.7 Å². The quantitative estimate of drug-likeness (QED) is 0.735. The number of anilines is 1. The molecule has 92 valence electrons. The molecule has 0 aliphatic carbocycles. The number of imidazole rings is 1. The first kappa shape index (κ1) is 13.0. The minimum absolute atomic E-state index is 0.165. The SMILES string of the molecule is CC[C@@H](CO)NCc1cnc(N(C)C)n1C. The first-order chi connectivity index (χ1) is 7.60. The van der Waals surface area contributed by atoms with E-state index in [-0.39, 0.29) is 12.6 Å². The molecule has 2 N–H and O–H groups in total. The number of aliphatic hydroxyl groups is 1. The van der Waals surface area contributed by atoms with Crippen molar-refractivity contribution in [2.24, 2.45) is 7.05 Å². The fourth-order valence-corrected chi connectivity index (χ4v) is 1.60. The Labute approximate surface area is 97.1 Å². The molecule has 5 heteroatoms. The standard InChI is InChI=1S/C11H22N4O/c1-5-9(8-16)12-6-10-7-13-11(14(2)3)15(10)4/h7,9,12,16H,5-6,8H2,1-4H3/t9-/m0/s1. The molecule has 1 rings (SSSR count). The molecule has 0 amide bonds. The van der Waals surface area contributed by atoms with Crippen molar-refractivity contribution < 1.29 is 5.11 Å². The molecule has 0 aromatic carbocycles. The van der Waals surface area contributed by atoms with Crippen LogP contribution in [0.25, 0.3) is 0 Å². The lowest BCUT2D eigenvalue weighted by Gasteiger charge is -2.15. The van der Waals surface area contributed by atoms with Crippen LogP contribution in [0, 0.1) is 0 Å². The van der Waals surface area contributed by atoms with Crippen LogP contribution < -0.4 is 10.2 Å². The summed E-state index contributed by atoms with van der Waals surface area (Å²) in [5.74, 6) is 0.939. The Morgan fingerprint density at radius 1 is 1.56 bits per heavy atom. The molecule has 0 saturated heterocycles. The zero-order valence-corrected chi connectivity index (χ0v) is 10.6. The predicted octanol–water partition coefficient (Wildman–Crippen LogP) is 0.347. The van der Waals surface area contributed by atoms with Gasteiger partial charge < -0.3 is 19.9 Å². The van der Waals surface area contributed by atoms with Gasteiger partial charge in [-0.05, 0) is 6.42 Å². The lowest BCUT2D eigenvalue weighted by atomic mass is 10.2. The molecular weight excluding hydrogens is 204 g/mol. The normalized spacial score (nSPS) is 12.8. The summed E-state index contributed by atoms with van der Waals surface area (Å²) in [5.41, 5.74) is 1.12. The topological polar surface area (TPSA) is 53.3 Å². The summed E-state index contributed by atoms with van der Waals surface area (Å²) in [6.45, 7) is 2.97. The smallest absolute Gasteiger partial charge is 0.204 e. The number of nitrogens with one attached hydrogen (secondary N) is 1. The molecule has 1 atom stereocenters. The number of rotatable bonds is 6. The van der Waals surface area contributed by atoms with Gasteiger partial charge in [0.05, 0.1) is 18.5 Å². The van der Waals surface area contributed by atoms with Crippen molar-refractivity contribution in [2.45, 2.75) is 25.9 Å². The number of aromatic nitrogens is 2. The van der Waals surface area contributed by atoms with Gasteiger partial charge in [0.25, 0.3) is 0 Å². The van der Waals surface area contributed by atoms with E-state index >= 15 is 0 Å². The fraction of sp³-hybridized carbons (Fsp3) is 0.727. The van der Waals surface area contributed by atoms with E-state index in [9.17, 15) is 0 Å². The van der Waals surface area contributed by atoms with Gasteiger partial charge in [-0.3, -0.25) is 0 Å². The molecule has 1 aromatic rings. The van der Waals surface area contributed by atoms with Gasteiger partial charge in [-0.1, -0.05) is 6.92 Å². The molecule has 0 aliphatic heterocycles. The molecule has 1 heterocycles. The van der Waals surface area contributed by atoms with Crippen LogP contribution in [0.4, 0.5) is 5.95 Å². The fourth-order valence-electron chi connectivity index (χ4n) is 1.60. The summed E-state index contributed by atoms with van der Waals surface area (Å²) in [5, 5.41) is 12.4. The van der Waals surface area contributed by atoms with Gasteiger partial charge in [0.15, 0.2) is 0 Å². The third kappa shape index (κ3) is 2.96. The van der Waals surface area contributed by atoms with Crippen LogP contribution in [0.3, 0.4) is 0 Å². The van der Waals surface area contributed by atoms with E-state index < -0.39 is 0 Å². The highest BCUT2D eigenvalue weighted by molar-refractivity contribution is 5.30. The van der Waals surface area contributed by atoms with Crippen molar-refractivity contribution in [1.82, 2.24) is 14.9 Å². The van der Waals surface area contributed by atoms with Crippen molar-refractivity contribution in [3.8, 4) is 0 Å². The first-order valence-corrected chi connectivity index (χ1v) is 5.62. The maximum Gasteiger partial charge on any atom is 0.204 e. The van der Waals surface area contributed by atoms with Gasteiger partial charge >= 0.3 is 0 Å². The summed E-state index contributed by atoms with van der Waals surface area (Å²) in [6.07, 6.45) is 2.79. The highest BCUT2D eigenvalue weighted by Gasteiger charge is 2.09. The summed E-state index contributed by atoms with van der Waals surface area (Å²) in [7, 11) is 5.95. The van der Waals surface area contributed by atoms with Crippen LogP contribution in [0.1, 0.15) is 19.0 Å². The largest absolute Gasteiger partial charge is 0.395 e.